The number of pyridine rings is 1. The van der Waals surface area contributed by atoms with Gasteiger partial charge < -0.3 is 15.1 Å². The second-order valence-electron chi connectivity index (χ2n) is 4.05. The number of hydrogen-bond donors (Lipinski definition) is 2. The van der Waals surface area contributed by atoms with Crippen LogP contribution in [0.3, 0.4) is 0 Å². The van der Waals surface area contributed by atoms with Crippen molar-refractivity contribution in [3.8, 4) is 0 Å². The number of aromatic nitrogens is 1. The van der Waals surface area contributed by atoms with Crippen LogP contribution in [-0.4, -0.2) is 50.7 Å². The zero-order valence-corrected chi connectivity index (χ0v) is 10.0. The molecular weight excluding hydrogens is 260 g/mol. The van der Waals surface area contributed by atoms with E-state index in [1.54, 1.807) is 6.07 Å². The van der Waals surface area contributed by atoms with Crippen LogP contribution in [0.1, 0.15) is 16.9 Å². The van der Waals surface area contributed by atoms with Gasteiger partial charge in [0.05, 0.1) is 6.10 Å². The van der Waals surface area contributed by atoms with E-state index in [9.17, 15) is 14.7 Å². The predicted octanol–water partition coefficient (Wildman–Crippen LogP) is 0.395. The van der Waals surface area contributed by atoms with Crippen LogP contribution in [0.2, 0.25) is 5.15 Å². The lowest BCUT2D eigenvalue weighted by Gasteiger charge is -2.20. The van der Waals surface area contributed by atoms with E-state index < -0.39 is 24.0 Å². The number of carbonyl (C=O) groups is 2. The summed E-state index contributed by atoms with van der Waals surface area (Å²) in [6, 6.07) is 3.52. The van der Waals surface area contributed by atoms with E-state index in [1.807, 2.05) is 0 Å². The SMILES string of the molecule is O=C(O)C1CC(O)CN1C(=O)c1cccc(Cl)n1. The Labute approximate surface area is 108 Å². The third-order valence-electron chi connectivity index (χ3n) is 2.76. The summed E-state index contributed by atoms with van der Waals surface area (Å²) in [5, 5.41) is 18.6. The lowest BCUT2D eigenvalue weighted by Crippen LogP contribution is -2.40. The van der Waals surface area contributed by atoms with Gasteiger partial charge in [-0.25, -0.2) is 9.78 Å². The molecule has 2 unspecified atom stereocenters. The van der Waals surface area contributed by atoms with Gasteiger partial charge >= 0.3 is 5.97 Å². The fraction of sp³-hybridized carbons (Fsp3) is 0.364. The summed E-state index contributed by atoms with van der Waals surface area (Å²) in [5.41, 5.74) is 0.0721. The molecule has 1 amide bonds. The standard InChI is InChI=1S/C11H11ClN2O4/c12-9-3-1-2-7(13-9)10(16)14-5-6(15)4-8(14)11(17)18/h1-3,6,8,15H,4-5H2,(H,17,18). The first-order valence-corrected chi connectivity index (χ1v) is 5.71. The molecule has 0 radical (unpaired) electrons. The first-order chi connectivity index (χ1) is 8.49. The molecule has 6 nitrogen and oxygen atoms in total. The van der Waals surface area contributed by atoms with Crippen LogP contribution in [0.25, 0.3) is 0 Å². The molecule has 2 rings (SSSR count). The van der Waals surface area contributed by atoms with Gasteiger partial charge in [-0.05, 0) is 12.1 Å². The number of carboxylic acid groups (broad SMARTS) is 1. The molecule has 1 aliphatic heterocycles. The second-order valence-corrected chi connectivity index (χ2v) is 4.43. The number of carbonyl (C=O) groups excluding carboxylic acids is 1. The Kier molecular flexibility index (Phi) is 3.49. The maximum absolute atomic E-state index is 12.1. The Balaban J connectivity index is 2.25. The molecule has 0 bridgehead atoms. The number of carboxylic acids is 1. The van der Waals surface area contributed by atoms with Crippen LogP contribution in [0.4, 0.5) is 0 Å². The average molecular weight is 271 g/mol. The maximum atomic E-state index is 12.1. The van der Waals surface area contributed by atoms with Crippen molar-refractivity contribution in [2.24, 2.45) is 0 Å². The smallest absolute Gasteiger partial charge is 0.326 e. The highest BCUT2D eigenvalue weighted by Gasteiger charge is 2.39. The van der Waals surface area contributed by atoms with Gasteiger partial charge in [0, 0.05) is 13.0 Å². The van der Waals surface area contributed by atoms with Crippen molar-refractivity contribution >= 4 is 23.5 Å². The monoisotopic (exact) mass is 270 g/mol. The molecule has 18 heavy (non-hydrogen) atoms. The zero-order valence-electron chi connectivity index (χ0n) is 9.28. The number of hydrogen-bond acceptors (Lipinski definition) is 4. The van der Waals surface area contributed by atoms with Crippen molar-refractivity contribution in [2.75, 3.05) is 6.54 Å². The van der Waals surface area contributed by atoms with E-state index >= 15 is 0 Å². The van der Waals surface area contributed by atoms with E-state index in [0.717, 1.165) is 4.90 Å². The summed E-state index contributed by atoms with van der Waals surface area (Å²) in [6.07, 6.45) is -0.795. The molecule has 1 fully saturated rings. The van der Waals surface area contributed by atoms with Gasteiger partial charge in [-0.1, -0.05) is 17.7 Å². The van der Waals surface area contributed by atoms with Crippen molar-refractivity contribution in [3.05, 3.63) is 29.0 Å². The molecule has 1 aromatic heterocycles. The highest BCUT2D eigenvalue weighted by molar-refractivity contribution is 6.29. The Hall–Kier alpha value is -1.66. The van der Waals surface area contributed by atoms with E-state index in [-0.39, 0.29) is 23.8 Å². The van der Waals surface area contributed by atoms with Crippen LogP contribution in [0.15, 0.2) is 18.2 Å². The number of rotatable bonds is 2. The molecule has 0 aromatic carbocycles. The quantitative estimate of drug-likeness (QED) is 0.759. The number of halogens is 1. The van der Waals surface area contributed by atoms with Crippen LogP contribution in [-0.2, 0) is 4.79 Å². The van der Waals surface area contributed by atoms with E-state index in [4.69, 9.17) is 16.7 Å². The van der Waals surface area contributed by atoms with Gasteiger partial charge in [-0.3, -0.25) is 4.79 Å². The largest absolute Gasteiger partial charge is 0.480 e. The predicted molar refractivity (Wildman–Crippen MR) is 62.3 cm³/mol. The third-order valence-corrected chi connectivity index (χ3v) is 2.97. The van der Waals surface area contributed by atoms with Gasteiger partial charge in [0.1, 0.15) is 16.9 Å². The topological polar surface area (TPSA) is 90.7 Å². The lowest BCUT2D eigenvalue weighted by atomic mass is 10.2. The first-order valence-electron chi connectivity index (χ1n) is 5.33. The number of nitrogens with zero attached hydrogens (tertiary/aromatic N) is 2. The van der Waals surface area contributed by atoms with Crippen LogP contribution >= 0.6 is 11.6 Å². The van der Waals surface area contributed by atoms with E-state index in [0.29, 0.717) is 0 Å². The normalized spacial score (nSPS) is 23.1. The number of aliphatic hydroxyl groups excluding tert-OH is 1. The van der Waals surface area contributed by atoms with Gasteiger partial charge in [0.15, 0.2) is 0 Å². The molecule has 2 atom stereocenters. The summed E-state index contributed by atoms with van der Waals surface area (Å²) < 4.78 is 0. The van der Waals surface area contributed by atoms with Crippen molar-refractivity contribution < 1.29 is 19.8 Å². The third kappa shape index (κ3) is 2.44. The fourth-order valence-electron chi connectivity index (χ4n) is 1.95. The number of likely N-dealkylation sites (tertiary alicyclic amines) is 1. The summed E-state index contributed by atoms with van der Waals surface area (Å²) >= 11 is 5.68. The van der Waals surface area contributed by atoms with Gasteiger partial charge in [-0.2, -0.15) is 0 Å². The molecule has 2 N–H and O–H groups in total. The summed E-state index contributed by atoms with van der Waals surface area (Å²) in [6.45, 7) is -0.00993. The minimum atomic E-state index is -1.14. The number of aliphatic carboxylic acids is 1. The lowest BCUT2D eigenvalue weighted by molar-refractivity contribution is -0.141. The molecule has 0 spiro atoms. The number of aliphatic hydroxyl groups is 1. The average Bonchev–Trinajstić information content (AvgIpc) is 2.70. The molecule has 0 saturated carbocycles. The molecule has 1 aromatic rings. The van der Waals surface area contributed by atoms with Crippen molar-refractivity contribution in [2.45, 2.75) is 18.6 Å². The highest BCUT2D eigenvalue weighted by Crippen LogP contribution is 2.20. The Bertz CT molecular complexity index is 494. The Morgan fingerprint density at radius 1 is 1.44 bits per heavy atom. The molecular formula is C11H11ClN2O4. The van der Waals surface area contributed by atoms with Crippen LogP contribution < -0.4 is 0 Å². The molecule has 1 saturated heterocycles. The number of β-amino-alcohol motifs (C(OH)–C–C–N with tert-alkyl or cyclic N) is 1. The molecule has 0 aliphatic carbocycles. The number of amides is 1. The van der Waals surface area contributed by atoms with E-state index in [1.165, 1.54) is 12.1 Å². The van der Waals surface area contributed by atoms with Crippen LogP contribution in [0, 0.1) is 0 Å². The van der Waals surface area contributed by atoms with E-state index in [2.05, 4.69) is 4.98 Å². The van der Waals surface area contributed by atoms with Crippen molar-refractivity contribution in [1.82, 2.24) is 9.88 Å². The maximum Gasteiger partial charge on any atom is 0.326 e. The second kappa shape index (κ2) is 4.91. The molecule has 7 heteroatoms. The van der Waals surface area contributed by atoms with Crippen LogP contribution in [0.5, 0.6) is 0 Å². The fourth-order valence-corrected chi connectivity index (χ4v) is 2.11. The summed E-state index contributed by atoms with van der Waals surface area (Å²) in [5.74, 6) is -1.68. The van der Waals surface area contributed by atoms with Gasteiger partial charge in [0.2, 0.25) is 0 Å². The molecule has 1 aliphatic rings. The first kappa shape index (κ1) is 12.8. The zero-order chi connectivity index (χ0) is 13.3. The molecule has 2 heterocycles. The minimum Gasteiger partial charge on any atom is -0.480 e. The summed E-state index contributed by atoms with van der Waals surface area (Å²) in [7, 11) is 0. The Morgan fingerprint density at radius 2 is 2.17 bits per heavy atom. The van der Waals surface area contributed by atoms with Crippen molar-refractivity contribution in [1.29, 1.82) is 0 Å². The van der Waals surface area contributed by atoms with Crippen molar-refractivity contribution in [3.63, 3.8) is 0 Å². The summed E-state index contributed by atoms with van der Waals surface area (Å²) in [4.78, 5) is 28.0. The minimum absolute atomic E-state index is 0.00993. The van der Waals surface area contributed by atoms with Gasteiger partial charge in [-0.15, -0.1) is 0 Å². The van der Waals surface area contributed by atoms with Gasteiger partial charge in [0.25, 0.3) is 5.91 Å². The Morgan fingerprint density at radius 3 is 2.78 bits per heavy atom. The highest BCUT2D eigenvalue weighted by atomic mass is 35.5. The molecule has 96 valence electrons.